The lowest BCUT2D eigenvalue weighted by atomic mass is 9.89. The molecule has 1 N–H and O–H groups in total. The maximum atomic E-state index is 12.1. The molecule has 0 spiro atoms. The van der Waals surface area contributed by atoms with Crippen LogP contribution in [0.25, 0.3) is 0 Å². The summed E-state index contributed by atoms with van der Waals surface area (Å²) in [6.45, 7) is 10.1. The second-order valence-corrected chi connectivity index (χ2v) is 9.53. The lowest BCUT2D eigenvalue weighted by Crippen LogP contribution is -2.36. The van der Waals surface area contributed by atoms with E-state index < -0.39 is 26.6 Å². The van der Waals surface area contributed by atoms with Crippen molar-refractivity contribution in [1.82, 2.24) is 4.83 Å². The highest BCUT2D eigenvalue weighted by Crippen LogP contribution is 2.38. The topological polar surface area (TPSA) is 112 Å². The summed E-state index contributed by atoms with van der Waals surface area (Å²) < 4.78 is 27.7. The Morgan fingerprint density at radius 3 is 2.68 bits per heavy atom. The van der Waals surface area contributed by atoms with Crippen molar-refractivity contribution in [3.63, 3.8) is 0 Å². The van der Waals surface area contributed by atoms with Crippen LogP contribution in [0, 0.1) is 6.92 Å². The summed E-state index contributed by atoms with van der Waals surface area (Å²) in [5, 5.41) is 10.8. The van der Waals surface area contributed by atoms with Gasteiger partial charge < -0.3 is 24.2 Å². The van der Waals surface area contributed by atoms with Crippen LogP contribution in [-0.4, -0.2) is 41.1 Å². The molecule has 3 rings (SSSR count). The highest BCUT2D eigenvalue weighted by Gasteiger charge is 2.31. The van der Waals surface area contributed by atoms with E-state index in [1.165, 1.54) is 0 Å². The van der Waals surface area contributed by atoms with E-state index in [2.05, 4.69) is 0 Å². The molecule has 2 aromatic carbocycles. The number of phenolic OH excluding ortho intramolecular Hbond substituents is 1. The Labute approximate surface area is 224 Å². The van der Waals surface area contributed by atoms with Crippen molar-refractivity contribution in [3.8, 4) is 11.5 Å². The molecule has 0 amide bonds. The number of benzene rings is 2. The average molecular weight is 544 g/mol. The Hall–Kier alpha value is -3.26. The van der Waals surface area contributed by atoms with E-state index in [1.807, 2.05) is 39.0 Å². The van der Waals surface area contributed by atoms with E-state index in [4.69, 9.17) is 19.0 Å². The third-order valence-electron chi connectivity index (χ3n) is 6.45. The fourth-order valence-corrected chi connectivity index (χ4v) is 4.69. The molecular weight excluding hydrogens is 509 g/mol. The van der Waals surface area contributed by atoms with Gasteiger partial charge in [0.1, 0.15) is 17.9 Å². The van der Waals surface area contributed by atoms with Crippen molar-refractivity contribution in [2.24, 2.45) is 0 Å². The maximum absolute atomic E-state index is 12.1. The van der Waals surface area contributed by atoms with Crippen molar-refractivity contribution >= 4 is 20.5 Å². The van der Waals surface area contributed by atoms with E-state index in [0.29, 0.717) is 24.3 Å². The quantitative estimate of drug-likeness (QED) is 0.154. The zero-order valence-corrected chi connectivity index (χ0v) is 23.3. The Balaban J connectivity index is 1.66. The predicted octanol–water partition coefficient (Wildman–Crippen LogP) is 5.39. The lowest BCUT2D eigenvalue weighted by molar-refractivity contribution is -0.153. The van der Waals surface area contributed by atoms with Gasteiger partial charge in [-0.25, -0.2) is 4.79 Å². The Bertz CT molecular complexity index is 1230. The van der Waals surface area contributed by atoms with Gasteiger partial charge in [0.25, 0.3) is 8.61 Å². The second-order valence-electron chi connectivity index (χ2n) is 8.97. The molecule has 0 saturated carbocycles. The first-order chi connectivity index (χ1) is 18.2. The Kier molecular flexibility index (Phi) is 10.4. The number of nitrogens with zero attached hydrogens (tertiary/aromatic N) is 1. The van der Waals surface area contributed by atoms with E-state index in [9.17, 15) is 19.3 Å². The molecule has 0 saturated heterocycles. The normalized spacial score (nSPS) is 13.9. The minimum Gasteiger partial charge on any atom is -0.507 e. The van der Waals surface area contributed by atoms with Crippen LogP contribution in [0.2, 0.25) is 0 Å². The summed E-state index contributed by atoms with van der Waals surface area (Å²) in [6, 6.07) is 6.25. The van der Waals surface area contributed by atoms with Crippen molar-refractivity contribution in [2.45, 2.75) is 66.7 Å². The number of hydrogen-bond acceptors (Lipinski definition) is 8. The molecule has 1 aliphatic heterocycles. The first kappa shape index (κ1) is 29.3. The zero-order chi connectivity index (χ0) is 27.8. The molecule has 1 aliphatic rings. The number of cyclic esters (lactones) is 1. The maximum Gasteiger partial charge on any atom is 0.342 e. The fourth-order valence-electron chi connectivity index (χ4n) is 4.33. The van der Waals surface area contributed by atoms with Crippen LogP contribution in [-0.2, 0) is 49.6 Å². The number of ether oxygens (including phenoxy) is 3. The first-order valence-electron chi connectivity index (χ1n) is 12.5. The van der Waals surface area contributed by atoms with Crippen molar-refractivity contribution in [3.05, 3.63) is 69.3 Å². The van der Waals surface area contributed by atoms with Gasteiger partial charge in [0.2, 0.25) is 0 Å². The van der Waals surface area contributed by atoms with Gasteiger partial charge in [-0.2, -0.15) is 0 Å². The van der Waals surface area contributed by atoms with Gasteiger partial charge in [0.05, 0.1) is 19.8 Å². The molecule has 0 fully saturated rings. The number of phenols is 1. The number of rotatable bonds is 13. The Morgan fingerprint density at radius 1 is 1.26 bits per heavy atom. The van der Waals surface area contributed by atoms with Gasteiger partial charge in [0.15, 0.2) is 11.8 Å². The third kappa shape index (κ3) is 6.59. The molecule has 38 heavy (non-hydrogen) atoms. The number of esters is 2. The summed E-state index contributed by atoms with van der Waals surface area (Å²) in [5.74, 6) is -0.619. The molecule has 0 radical (unpaired) electrons. The summed E-state index contributed by atoms with van der Waals surface area (Å²) >= 11 is 0. The highest BCUT2D eigenvalue weighted by atomic mass is 31.1. The largest absolute Gasteiger partial charge is 0.507 e. The lowest BCUT2D eigenvalue weighted by Gasteiger charge is -2.21. The second kappa shape index (κ2) is 13.5. The van der Waals surface area contributed by atoms with Gasteiger partial charge in [-0.05, 0) is 62.6 Å². The number of allylic oxidation sites excluding steroid dienone is 1. The molecule has 10 heteroatoms. The monoisotopic (exact) mass is 543 g/mol. The van der Waals surface area contributed by atoms with Crippen LogP contribution < -0.4 is 4.84 Å². The molecule has 2 aromatic rings. The first-order valence-corrected chi connectivity index (χ1v) is 13.3. The molecule has 9 nitrogen and oxygen atoms in total. The predicted molar refractivity (Wildman–Crippen MR) is 141 cm³/mol. The number of carbonyl (C=O) groups is 2. The molecule has 1 unspecified atom stereocenters. The van der Waals surface area contributed by atoms with Crippen LogP contribution >= 0.6 is 8.61 Å². The molecular formula is C28H34NO8P. The Morgan fingerprint density at radius 2 is 2.00 bits per heavy atom. The van der Waals surface area contributed by atoms with E-state index >= 15 is 0 Å². The number of aromatic hydroxyl groups is 1. The minimum absolute atomic E-state index is 0.000239. The van der Waals surface area contributed by atoms with Crippen molar-refractivity contribution in [1.29, 1.82) is 0 Å². The molecule has 1 atom stereocenters. The van der Waals surface area contributed by atoms with Crippen molar-refractivity contribution in [2.75, 3.05) is 13.2 Å². The van der Waals surface area contributed by atoms with E-state index in [0.717, 1.165) is 39.1 Å². The standard InChI is InChI=1S/C28H34NO8P/c1-6-21-18(4)23-16-36-28(32)25(23)26(30)22(21)13-12-17(3)14-34-15-20-10-8-9-11-24(20)37-29(38-33)19(5)27(31)35-7-2/h8-12,19,30H,6-7,13-16H2,1-5H3. The van der Waals surface area contributed by atoms with E-state index in [-0.39, 0.29) is 31.1 Å². The fraction of sp³-hybridized carbons (Fsp3) is 0.429. The smallest absolute Gasteiger partial charge is 0.342 e. The summed E-state index contributed by atoms with van der Waals surface area (Å²) in [6.07, 6.45) is 3.15. The van der Waals surface area contributed by atoms with Gasteiger partial charge >= 0.3 is 11.9 Å². The summed E-state index contributed by atoms with van der Waals surface area (Å²) in [7, 11) is -0.484. The van der Waals surface area contributed by atoms with Crippen LogP contribution in [0.3, 0.4) is 0 Å². The number of fused-ring (bicyclic) bond motifs is 1. The van der Waals surface area contributed by atoms with Crippen LogP contribution in [0.1, 0.15) is 65.9 Å². The number of para-hydroxylation sites is 1. The van der Waals surface area contributed by atoms with Crippen LogP contribution in [0.4, 0.5) is 0 Å². The summed E-state index contributed by atoms with van der Waals surface area (Å²) in [4.78, 5) is 30.9. The van der Waals surface area contributed by atoms with E-state index in [1.54, 1.807) is 26.0 Å². The van der Waals surface area contributed by atoms with Crippen LogP contribution in [0.15, 0.2) is 35.9 Å². The SMILES string of the molecule is CCOC(=O)C(C)N(Oc1ccccc1COCC(C)=CCc1c(O)c2c(c(C)c1CC)COC2=O)P=O. The van der Waals surface area contributed by atoms with Gasteiger partial charge in [0, 0.05) is 16.7 Å². The minimum atomic E-state index is -0.873. The highest BCUT2D eigenvalue weighted by molar-refractivity contribution is 7.20. The third-order valence-corrected chi connectivity index (χ3v) is 7.03. The van der Waals surface area contributed by atoms with Gasteiger partial charge in [-0.15, -0.1) is 0 Å². The number of hydrogen-bond donors (Lipinski definition) is 1. The average Bonchev–Trinajstić information content (AvgIpc) is 3.30. The van der Waals surface area contributed by atoms with Crippen molar-refractivity contribution < 1.29 is 38.3 Å². The summed E-state index contributed by atoms with van der Waals surface area (Å²) in [5.41, 5.74) is 5.44. The van der Waals surface area contributed by atoms with Crippen LogP contribution in [0.5, 0.6) is 11.5 Å². The molecule has 0 bridgehead atoms. The van der Waals surface area contributed by atoms with Gasteiger partial charge in [-0.3, -0.25) is 9.36 Å². The molecule has 1 heterocycles. The number of hydroxylamine groups is 1. The zero-order valence-electron chi connectivity index (χ0n) is 22.4. The molecule has 0 aromatic heterocycles. The molecule has 204 valence electrons. The van der Waals surface area contributed by atoms with Gasteiger partial charge in [-0.1, -0.05) is 36.8 Å². The molecule has 0 aliphatic carbocycles. The number of carbonyl (C=O) groups excluding carboxylic acids is 2.